The predicted molar refractivity (Wildman–Crippen MR) is 88.2 cm³/mol. The van der Waals surface area contributed by atoms with Crippen LogP contribution >= 0.6 is 0 Å². The lowest BCUT2D eigenvalue weighted by Crippen LogP contribution is -2.31. The van der Waals surface area contributed by atoms with Gasteiger partial charge in [-0.25, -0.2) is 4.79 Å². The highest BCUT2D eigenvalue weighted by Gasteiger charge is 2.10. The fourth-order valence-corrected chi connectivity index (χ4v) is 1.72. The van der Waals surface area contributed by atoms with Gasteiger partial charge in [0.25, 0.3) is 5.91 Å². The Morgan fingerprint density at radius 1 is 1.38 bits per heavy atom. The van der Waals surface area contributed by atoms with Gasteiger partial charge in [0.2, 0.25) is 0 Å². The third-order valence-corrected chi connectivity index (χ3v) is 2.88. The summed E-state index contributed by atoms with van der Waals surface area (Å²) in [5, 5.41) is 26.3. The molecule has 0 atom stereocenters. The first kappa shape index (κ1) is 18.8. The van der Waals surface area contributed by atoms with Gasteiger partial charge in [0.05, 0.1) is 6.61 Å². The van der Waals surface area contributed by atoms with Gasteiger partial charge in [0, 0.05) is 25.0 Å². The normalized spacial score (nSPS) is 10.5. The van der Waals surface area contributed by atoms with Gasteiger partial charge in [-0.3, -0.25) is 4.79 Å². The largest absolute Gasteiger partial charge is 0.508 e. The van der Waals surface area contributed by atoms with E-state index in [2.05, 4.69) is 20.7 Å². The van der Waals surface area contributed by atoms with E-state index in [9.17, 15) is 14.7 Å². The number of aromatic hydroxyl groups is 1. The molecule has 1 aromatic rings. The van der Waals surface area contributed by atoms with Crippen molar-refractivity contribution >= 4 is 17.7 Å². The summed E-state index contributed by atoms with van der Waals surface area (Å²) < 4.78 is 4.69. The Kier molecular flexibility index (Phi) is 7.64. The molecule has 8 nitrogen and oxygen atoms in total. The molecule has 0 radical (unpaired) electrons. The van der Waals surface area contributed by atoms with Gasteiger partial charge >= 0.3 is 6.09 Å². The minimum Gasteiger partial charge on any atom is -0.508 e. The molecule has 24 heavy (non-hydrogen) atoms. The van der Waals surface area contributed by atoms with Gasteiger partial charge in [-0.15, -0.1) is 0 Å². The molecule has 0 bridgehead atoms. The molecule has 0 saturated carbocycles. The average Bonchev–Trinajstić information content (AvgIpc) is 2.53. The number of carbonyl (C=O) groups excluding carboxylic acids is 2. The number of ether oxygens (including phenoxy) is 1. The number of nitriles is 1. The summed E-state index contributed by atoms with van der Waals surface area (Å²) in [6, 6.07) is 6.29. The molecule has 1 aromatic carbocycles. The number of phenolic OH excluding ortho intramolecular Hbond substituents is 1. The van der Waals surface area contributed by atoms with E-state index in [0.717, 1.165) is 0 Å². The Morgan fingerprint density at radius 3 is 2.75 bits per heavy atom. The van der Waals surface area contributed by atoms with Crippen LogP contribution in [0.1, 0.15) is 12.5 Å². The van der Waals surface area contributed by atoms with Gasteiger partial charge in [0.1, 0.15) is 17.4 Å². The summed E-state index contributed by atoms with van der Waals surface area (Å²) in [6.45, 7) is 4.33. The quantitative estimate of drug-likeness (QED) is 0.259. The van der Waals surface area contributed by atoms with E-state index in [1.807, 2.05) is 0 Å². The molecule has 0 fully saturated rings. The van der Waals surface area contributed by atoms with Crippen LogP contribution in [0.3, 0.4) is 0 Å². The maximum atomic E-state index is 12.0. The van der Waals surface area contributed by atoms with Crippen molar-refractivity contribution < 1.29 is 19.4 Å². The minimum atomic E-state index is -0.572. The topological polar surface area (TPSA) is 123 Å². The Morgan fingerprint density at radius 2 is 2.12 bits per heavy atom. The third-order valence-electron chi connectivity index (χ3n) is 2.88. The number of rotatable bonds is 7. The van der Waals surface area contributed by atoms with Gasteiger partial charge < -0.3 is 25.8 Å². The first-order valence-electron chi connectivity index (χ1n) is 7.33. The second kappa shape index (κ2) is 9.74. The highest BCUT2D eigenvalue weighted by Crippen LogP contribution is 2.20. The van der Waals surface area contributed by atoms with E-state index in [1.54, 1.807) is 26.0 Å². The number of amides is 2. The highest BCUT2D eigenvalue weighted by molar-refractivity contribution is 6.06. The van der Waals surface area contributed by atoms with Gasteiger partial charge in [-0.2, -0.15) is 5.26 Å². The van der Waals surface area contributed by atoms with Crippen molar-refractivity contribution in [2.75, 3.05) is 25.0 Å². The lowest BCUT2D eigenvalue weighted by Gasteiger charge is -2.08. The molecular weight excluding hydrogens is 312 g/mol. The number of anilines is 1. The fourth-order valence-electron chi connectivity index (χ4n) is 1.72. The number of nitrogens with one attached hydrogen (secondary N) is 3. The molecule has 0 aliphatic rings. The molecule has 0 saturated heterocycles. The molecule has 128 valence electrons. The van der Waals surface area contributed by atoms with Crippen LogP contribution in [0, 0.1) is 18.3 Å². The number of benzene rings is 1. The molecule has 0 heterocycles. The number of alkyl carbamates (subject to hydrolysis) is 1. The third kappa shape index (κ3) is 6.27. The molecule has 0 aromatic heterocycles. The zero-order valence-electron chi connectivity index (χ0n) is 13.5. The summed E-state index contributed by atoms with van der Waals surface area (Å²) in [4.78, 5) is 23.1. The SMILES string of the molecule is CCOC(=O)NCCN/C=C(/C#N)C(=O)Nc1ccc(O)cc1C. The second-order valence-corrected chi connectivity index (χ2v) is 4.72. The maximum absolute atomic E-state index is 12.0. The van der Waals surface area contributed by atoms with Crippen LogP contribution in [0.5, 0.6) is 5.75 Å². The van der Waals surface area contributed by atoms with Gasteiger partial charge in [0.15, 0.2) is 0 Å². The van der Waals surface area contributed by atoms with Crippen molar-refractivity contribution in [3.8, 4) is 11.8 Å². The molecule has 1 rings (SSSR count). The molecular formula is C16H20N4O4. The summed E-state index contributed by atoms with van der Waals surface area (Å²) in [5.74, 6) is -0.477. The minimum absolute atomic E-state index is 0.0947. The van der Waals surface area contributed by atoms with E-state index >= 15 is 0 Å². The first-order chi connectivity index (χ1) is 11.5. The molecule has 2 amide bonds. The molecule has 0 unspecified atom stereocenters. The Hall–Kier alpha value is -3.21. The van der Waals surface area contributed by atoms with Crippen LogP contribution in [-0.4, -0.2) is 36.8 Å². The second-order valence-electron chi connectivity index (χ2n) is 4.72. The molecule has 4 N–H and O–H groups in total. The van der Waals surface area contributed by atoms with Crippen LogP contribution in [0.15, 0.2) is 30.0 Å². The van der Waals surface area contributed by atoms with E-state index in [4.69, 9.17) is 5.26 Å². The van der Waals surface area contributed by atoms with Crippen LogP contribution in [0.4, 0.5) is 10.5 Å². The van der Waals surface area contributed by atoms with Crippen molar-refractivity contribution in [3.63, 3.8) is 0 Å². The van der Waals surface area contributed by atoms with E-state index in [1.165, 1.54) is 18.3 Å². The maximum Gasteiger partial charge on any atom is 0.407 e. The Labute approximate surface area is 140 Å². The number of hydrogen-bond donors (Lipinski definition) is 4. The summed E-state index contributed by atoms with van der Waals surface area (Å²) in [5.41, 5.74) is 1.06. The Bertz CT molecular complexity index is 665. The van der Waals surface area contributed by atoms with E-state index in [-0.39, 0.29) is 24.5 Å². The zero-order valence-corrected chi connectivity index (χ0v) is 13.5. The molecule has 0 aliphatic heterocycles. The first-order valence-corrected chi connectivity index (χ1v) is 7.33. The predicted octanol–water partition coefficient (Wildman–Crippen LogP) is 1.38. The van der Waals surface area contributed by atoms with Crippen LogP contribution < -0.4 is 16.0 Å². The number of nitrogens with zero attached hydrogens (tertiary/aromatic N) is 1. The fraction of sp³-hybridized carbons (Fsp3) is 0.312. The number of aryl methyl sites for hydroxylation is 1. The molecule has 0 aliphatic carbocycles. The van der Waals surface area contributed by atoms with E-state index < -0.39 is 12.0 Å². The van der Waals surface area contributed by atoms with Crippen LogP contribution in [0.2, 0.25) is 0 Å². The van der Waals surface area contributed by atoms with Crippen molar-refractivity contribution in [1.29, 1.82) is 5.26 Å². The zero-order chi connectivity index (χ0) is 17.9. The summed E-state index contributed by atoms with van der Waals surface area (Å²) in [6.07, 6.45) is 0.752. The number of phenols is 1. The van der Waals surface area contributed by atoms with E-state index in [0.29, 0.717) is 17.8 Å². The Balaban J connectivity index is 2.51. The molecule has 8 heteroatoms. The lowest BCUT2D eigenvalue weighted by molar-refractivity contribution is -0.112. The lowest BCUT2D eigenvalue weighted by atomic mass is 10.2. The van der Waals surface area contributed by atoms with Crippen molar-refractivity contribution in [1.82, 2.24) is 10.6 Å². The average molecular weight is 332 g/mol. The van der Waals surface area contributed by atoms with Gasteiger partial charge in [-0.1, -0.05) is 0 Å². The number of carbonyl (C=O) groups is 2. The van der Waals surface area contributed by atoms with Crippen molar-refractivity contribution in [2.45, 2.75) is 13.8 Å². The van der Waals surface area contributed by atoms with Crippen molar-refractivity contribution in [2.24, 2.45) is 0 Å². The molecule has 0 spiro atoms. The van der Waals surface area contributed by atoms with Crippen LogP contribution in [0.25, 0.3) is 0 Å². The standard InChI is InChI=1S/C16H20N4O4/c1-3-24-16(23)19-7-6-18-10-12(9-17)15(22)20-14-5-4-13(21)8-11(14)2/h4-5,8,10,18,21H,3,6-7H2,1-2H3,(H,19,23)(H,20,22)/b12-10-. The number of hydrogen-bond acceptors (Lipinski definition) is 6. The van der Waals surface area contributed by atoms with Crippen molar-refractivity contribution in [3.05, 3.63) is 35.5 Å². The monoisotopic (exact) mass is 332 g/mol. The van der Waals surface area contributed by atoms with Gasteiger partial charge in [-0.05, 0) is 37.6 Å². The smallest absolute Gasteiger partial charge is 0.407 e. The highest BCUT2D eigenvalue weighted by atomic mass is 16.5. The summed E-state index contributed by atoms with van der Waals surface area (Å²) in [7, 11) is 0. The summed E-state index contributed by atoms with van der Waals surface area (Å²) >= 11 is 0. The van der Waals surface area contributed by atoms with Crippen LogP contribution in [-0.2, 0) is 9.53 Å².